The van der Waals surface area contributed by atoms with E-state index in [9.17, 15) is 43.3 Å². The maximum Gasteiger partial charge on any atom is 0.294 e. The van der Waals surface area contributed by atoms with Crippen molar-refractivity contribution in [1.82, 2.24) is 0 Å². The molecule has 238 valence electrons. The quantitative estimate of drug-likeness (QED) is 0.0562. The molecule has 0 unspecified atom stereocenters. The van der Waals surface area contributed by atoms with Crippen LogP contribution < -0.4 is 5.73 Å². The molecule has 0 aliphatic rings. The summed E-state index contributed by atoms with van der Waals surface area (Å²) >= 11 is 0. The van der Waals surface area contributed by atoms with Crippen LogP contribution in [0.15, 0.2) is 113 Å². The average molecular weight is 706 g/mol. The van der Waals surface area contributed by atoms with E-state index < -0.39 is 62.9 Å². The van der Waals surface area contributed by atoms with Crippen LogP contribution in [0, 0.1) is 0 Å². The molecule has 0 radical (unpaired) electrons. The maximum atomic E-state index is 12.1. The monoisotopic (exact) mass is 705 g/mol. The van der Waals surface area contributed by atoms with Crippen LogP contribution in [0.25, 0.3) is 21.5 Å². The number of aromatic hydroxyl groups is 1. The van der Waals surface area contributed by atoms with Crippen molar-refractivity contribution >= 4 is 91.6 Å². The summed E-state index contributed by atoms with van der Waals surface area (Å²) in [7, 11) is -15.6. The summed E-state index contributed by atoms with van der Waals surface area (Å²) in [6.45, 7) is 0. The molecular weight excluding hydrogens is 687 g/mol. The molecule has 0 saturated heterocycles. The van der Waals surface area contributed by atoms with E-state index in [2.05, 4.69) is 20.5 Å². The molecular formula is C26H19N5O11S4. The molecule has 5 aromatic rings. The predicted octanol–water partition coefficient (Wildman–Crippen LogP) is 4.55. The van der Waals surface area contributed by atoms with E-state index in [0.717, 1.165) is 42.5 Å². The number of benzene rings is 5. The summed E-state index contributed by atoms with van der Waals surface area (Å²) in [5.41, 5.74) is 5.37. The summed E-state index contributed by atoms with van der Waals surface area (Å²) in [5, 5.41) is 27.4. The largest absolute Gasteiger partial charge is 0.505 e. The molecule has 0 amide bonds. The number of fused-ring (bicyclic) bond motifs is 2. The van der Waals surface area contributed by atoms with Gasteiger partial charge in [-0.15, -0.1) is 15.3 Å². The number of hydrogen-bond donors (Lipinski definition) is 6. The minimum atomic E-state index is -4.70. The Morgan fingerprint density at radius 1 is 0.587 bits per heavy atom. The first-order valence-corrected chi connectivity index (χ1v) is 17.6. The van der Waals surface area contributed by atoms with Crippen LogP contribution in [-0.2, 0) is 41.6 Å². The zero-order valence-corrected chi connectivity index (χ0v) is 26.0. The topological polar surface area (TPSA) is 273 Å². The zero-order valence-electron chi connectivity index (χ0n) is 22.6. The molecule has 0 atom stereocenters. The van der Waals surface area contributed by atoms with Gasteiger partial charge in [0, 0.05) is 16.2 Å². The molecule has 5 N–H and O–H groups in total. The Balaban J connectivity index is 1.65. The molecule has 5 rings (SSSR count). The third kappa shape index (κ3) is 6.56. The van der Waals surface area contributed by atoms with Crippen LogP contribution in [0.3, 0.4) is 0 Å². The first-order chi connectivity index (χ1) is 21.5. The Kier molecular flexibility index (Phi) is 8.59. The molecule has 0 spiro atoms. The van der Waals surface area contributed by atoms with Gasteiger partial charge >= 0.3 is 0 Å². The maximum absolute atomic E-state index is 12.1. The highest BCUT2D eigenvalue weighted by Crippen LogP contribution is 2.43. The van der Waals surface area contributed by atoms with E-state index >= 15 is 0 Å². The van der Waals surface area contributed by atoms with E-state index in [1.54, 1.807) is 0 Å². The smallest absolute Gasteiger partial charge is 0.294 e. The minimum absolute atomic E-state index is 0.0217. The lowest BCUT2D eigenvalue weighted by molar-refractivity contribution is 0.480. The van der Waals surface area contributed by atoms with Crippen molar-refractivity contribution in [3.63, 3.8) is 0 Å². The molecule has 0 aromatic heterocycles. The van der Waals surface area contributed by atoms with Gasteiger partial charge in [-0.2, -0.15) is 21.9 Å². The number of nitrogen functional groups attached to an aromatic ring is 1. The Morgan fingerprint density at radius 2 is 1.13 bits per heavy atom. The van der Waals surface area contributed by atoms with Gasteiger partial charge in [-0.1, -0.05) is 6.07 Å². The molecule has 0 aliphatic carbocycles. The number of phenolic OH excluding ortho intramolecular Hbond substituents is 1. The number of rotatable bonds is 8. The molecule has 46 heavy (non-hydrogen) atoms. The molecule has 0 bridgehead atoms. The first kappa shape index (κ1) is 32.5. The van der Waals surface area contributed by atoms with Gasteiger partial charge in [0.05, 0.1) is 42.3 Å². The van der Waals surface area contributed by atoms with E-state index in [-0.39, 0.29) is 54.1 Å². The number of nitrogens with two attached hydrogens (primary N) is 1. The lowest BCUT2D eigenvalue weighted by atomic mass is 10.1. The van der Waals surface area contributed by atoms with E-state index in [1.807, 2.05) is 0 Å². The summed E-state index contributed by atoms with van der Waals surface area (Å²) < 4.78 is 112. The molecule has 20 heteroatoms. The van der Waals surface area contributed by atoms with E-state index in [1.165, 1.54) is 30.3 Å². The second kappa shape index (κ2) is 12.2. The van der Waals surface area contributed by atoms with Crippen molar-refractivity contribution in [2.24, 2.45) is 20.5 Å². The summed E-state index contributed by atoms with van der Waals surface area (Å²) in [5.74, 6) is -0.678. The molecule has 0 fully saturated rings. The molecule has 0 heterocycles. The number of anilines is 1. The molecule has 16 nitrogen and oxygen atoms in total. The summed E-state index contributed by atoms with van der Waals surface area (Å²) in [6, 6.07) is 14.2. The third-order valence-corrected chi connectivity index (χ3v) is 9.74. The molecule has 5 aromatic carbocycles. The van der Waals surface area contributed by atoms with Crippen LogP contribution in [0.4, 0.5) is 28.4 Å². The molecule has 0 saturated carbocycles. The second-order valence-corrected chi connectivity index (χ2v) is 14.2. The van der Waals surface area contributed by atoms with Gasteiger partial charge in [-0.3, -0.25) is 9.11 Å². The second-order valence-electron chi connectivity index (χ2n) is 9.39. The van der Waals surface area contributed by atoms with Crippen molar-refractivity contribution in [3.8, 4) is 5.75 Å². The summed E-state index contributed by atoms with van der Waals surface area (Å²) in [4.78, 5) is -1.67. The van der Waals surface area contributed by atoms with E-state index in [4.69, 9.17) is 10.3 Å². The van der Waals surface area contributed by atoms with Crippen LogP contribution in [0.2, 0.25) is 0 Å². The average Bonchev–Trinajstić information content (AvgIpc) is 2.98. The van der Waals surface area contributed by atoms with E-state index in [0.29, 0.717) is 0 Å². The highest BCUT2D eigenvalue weighted by Gasteiger charge is 2.19. The first-order valence-electron chi connectivity index (χ1n) is 12.4. The lowest BCUT2D eigenvalue weighted by Gasteiger charge is -2.10. The van der Waals surface area contributed by atoms with Gasteiger partial charge in [-0.25, -0.2) is 16.8 Å². The normalized spacial score (nSPS) is 12.8. The molecule has 0 aliphatic heterocycles. The van der Waals surface area contributed by atoms with Crippen molar-refractivity contribution in [2.75, 3.05) is 5.73 Å². The van der Waals surface area contributed by atoms with Gasteiger partial charge < -0.3 is 10.8 Å². The fourth-order valence-electron chi connectivity index (χ4n) is 4.34. The number of azo groups is 2. The number of hydrogen-bond acceptors (Lipinski definition) is 14. The third-order valence-electron chi connectivity index (χ3n) is 6.51. The standard InChI is InChI=1S/C26H19N5O11S4/c27-20-12-18-13(9-23(20)43(33)34)10-24(44(35)36)25(26(18)32)31-30-22-8-7-21(17-6-5-16(11-19(17)22)46(40,41)42)29-28-14-1-3-15(4-2-14)45(37,38)39/h1-12,32,43-44H,27H2,(H,37,38,39)(H,40,41,42)/b29-28+,31-30+. The van der Waals surface area contributed by atoms with Gasteiger partial charge in [-0.05, 0) is 72.1 Å². The highest BCUT2D eigenvalue weighted by atomic mass is 32.2. The zero-order chi connectivity index (χ0) is 33.6. The van der Waals surface area contributed by atoms with Gasteiger partial charge in [0.2, 0.25) is 0 Å². The van der Waals surface area contributed by atoms with Crippen molar-refractivity contribution in [1.29, 1.82) is 0 Å². The van der Waals surface area contributed by atoms with Crippen LogP contribution in [-0.4, -0.2) is 47.9 Å². The van der Waals surface area contributed by atoms with Gasteiger partial charge in [0.25, 0.3) is 20.2 Å². The fourth-order valence-corrected chi connectivity index (χ4v) is 6.41. The summed E-state index contributed by atoms with van der Waals surface area (Å²) in [6.07, 6.45) is 0. The van der Waals surface area contributed by atoms with Crippen molar-refractivity contribution in [3.05, 3.63) is 72.8 Å². The fraction of sp³-hybridized carbons (Fsp3) is 0. The number of thiol groups is 2. The Morgan fingerprint density at radius 3 is 1.72 bits per heavy atom. The number of phenols is 1. The van der Waals surface area contributed by atoms with Crippen molar-refractivity contribution in [2.45, 2.75) is 19.6 Å². The minimum Gasteiger partial charge on any atom is -0.505 e. The van der Waals surface area contributed by atoms with Gasteiger partial charge in [0.15, 0.2) is 27.2 Å². The highest BCUT2D eigenvalue weighted by molar-refractivity contribution is 7.86. The SMILES string of the molecule is Nc1cc2c(O)c(/N=N/c3ccc(/N=N/c4ccc(S(=O)(=O)O)cc4)c4ccc(S(=O)(=O)O)cc34)c([SH](=O)=O)cc2cc1[SH](=O)=O. The Hall–Kier alpha value is -4.86. The number of nitrogens with zero attached hydrogens (tertiary/aromatic N) is 4. The Labute approximate surface area is 263 Å². The van der Waals surface area contributed by atoms with Crippen LogP contribution >= 0.6 is 0 Å². The van der Waals surface area contributed by atoms with Crippen LogP contribution in [0.1, 0.15) is 0 Å². The van der Waals surface area contributed by atoms with Crippen molar-refractivity contribution < 1.29 is 47.9 Å². The predicted molar refractivity (Wildman–Crippen MR) is 166 cm³/mol. The lowest BCUT2D eigenvalue weighted by Crippen LogP contribution is -1.97. The van der Waals surface area contributed by atoms with Gasteiger partial charge in [0.1, 0.15) is 5.69 Å². The Bertz CT molecular complexity index is 2510. The van der Waals surface area contributed by atoms with Crippen LogP contribution in [0.5, 0.6) is 5.75 Å².